The van der Waals surface area contributed by atoms with E-state index in [1.54, 1.807) is 18.3 Å². The third-order valence-electron chi connectivity index (χ3n) is 3.95. The van der Waals surface area contributed by atoms with E-state index >= 15 is 0 Å². The molecule has 0 fully saturated rings. The van der Waals surface area contributed by atoms with Gasteiger partial charge in [-0.15, -0.1) is 0 Å². The van der Waals surface area contributed by atoms with Gasteiger partial charge < -0.3 is 9.40 Å². The number of benzene rings is 2. The van der Waals surface area contributed by atoms with Crippen LogP contribution in [0.15, 0.2) is 80.9 Å². The Morgan fingerprint density at radius 3 is 2.73 bits per heavy atom. The minimum Gasteiger partial charge on any atom is -0.451 e. The van der Waals surface area contributed by atoms with E-state index in [-0.39, 0.29) is 5.76 Å². The summed E-state index contributed by atoms with van der Waals surface area (Å²) in [6, 6.07) is 19.0. The Balaban J connectivity index is 1.46. The lowest BCUT2D eigenvalue weighted by atomic mass is 10.2. The van der Waals surface area contributed by atoms with Crippen LogP contribution in [0.5, 0.6) is 0 Å². The van der Waals surface area contributed by atoms with E-state index in [0.717, 1.165) is 26.5 Å². The average Bonchev–Trinajstić information content (AvgIpc) is 3.30. The van der Waals surface area contributed by atoms with Crippen molar-refractivity contribution in [1.82, 2.24) is 10.4 Å². The number of furan rings is 1. The zero-order chi connectivity index (χ0) is 17.9. The lowest BCUT2D eigenvalue weighted by Gasteiger charge is -1.98. The number of aromatic amines is 1. The zero-order valence-corrected chi connectivity index (χ0v) is 15.2. The molecule has 4 aromatic rings. The number of fused-ring (bicyclic) bond motifs is 1. The molecule has 0 saturated carbocycles. The molecule has 0 aliphatic carbocycles. The summed E-state index contributed by atoms with van der Waals surface area (Å²) in [6.45, 7) is 0. The summed E-state index contributed by atoms with van der Waals surface area (Å²) in [5.41, 5.74) is 5.31. The Kier molecular flexibility index (Phi) is 4.41. The van der Waals surface area contributed by atoms with Gasteiger partial charge in [-0.05, 0) is 30.3 Å². The van der Waals surface area contributed by atoms with Crippen molar-refractivity contribution in [2.24, 2.45) is 5.10 Å². The van der Waals surface area contributed by atoms with Gasteiger partial charge in [0.25, 0.3) is 0 Å². The molecule has 128 valence electrons. The maximum atomic E-state index is 12.2. The second kappa shape index (κ2) is 7.01. The van der Waals surface area contributed by atoms with E-state index in [1.165, 1.54) is 0 Å². The average molecular weight is 408 g/mol. The SMILES string of the molecule is O=C(N/N=C/c1c[nH]c2ccccc12)c1ccc(-c2ccc(Br)cc2)o1. The number of H-pyrrole nitrogens is 1. The van der Waals surface area contributed by atoms with Gasteiger partial charge in [-0.1, -0.05) is 46.3 Å². The summed E-state index contributed by atoms with van der Waals surface area (Å²) in [5.74, 6) is 0.437. The fraction of sp³-hybridized carbons (Fsp3) is 0. The van der Waals surface area contributed by atoms with E-state index in [9.17, 15) is 4.79 Å². The van der Waals surface area contributed by atoms with Gasteiger partial charge in [0, 0.05) is 32.7 Å². The number of hydrogen-bond donors (Lipinski definition) is 2. The molecule has 26 heavy (non-hydrogen) atoms. The molecule has 2 aromatic carbocycles. The molecule has 0 spiro atoms. The molecule has 2 N–H and O–H groups in total. The van der Waals surface area contributed by atoms with Gasteiger partial charge in [-0.25, -0.2) is 5.43 Å². The summed E-state index contributed by atoms with van der Waals surface area (Å²) in [5, 5.41) is 5.07. The van der Waals surface area contributed by atoms with Crippen LogP contribution < -0.4 is 5.43 Å². The maximum Gasteiger partial charge on any atom is 0.307 e. The van der Waals surface area contributed by atoms with Gasteiger partial charge in [0.1, 0.15) is 5.76 Å². The summed E-state index contributed by atoms with van der Waals surface area (Å²) in [4.78, 5) is 15.4. The first-order valence-corrected chi connectivity index (χ1v) is 8.75. The van der Waals surface area contributed by atoms with Crippen molar-refractivity contribution >= 4 is 39.0 Å². The Hall–Kier alpha value is -3.12. The third-order valence-corrected chi connectivity index (χ3v) is 4.48. The van der Waals surface area contributed by atoms with E-state index in [0.29, 0.717) is 5.76 Å². The predicted molar refractivity (Wildman–Crippen MR) is 105 cm³/mol. The highest BCUT2D eigenvalue weighted by Gasteiger charge is 2.11. The molecular formula is C20H14BrN3O2. The second-order valence-electron chi connectivity index (χ2n) is 5.66. The van der Waals surface area contributed by atoms with Gasteiger partial charge in [0.15, 0.2) is 5.76 Å². The number of hydrazone groups is 1. The highest BCUT2D eigenvalue weighted by atomic mass is 79.9. The van der Waals surface area contributed by atoms with Crippen LogP contribution in [0.25, 0.3) is 22.2 Å². The zero-order valence-electron chi connectivity index (χ0n) is 13.6. The lowest BCUT2D eigenvalue weighted by Crippen LogP contribution is -2.16. The van der Waals surface area contributed by atoms with Crippen LogP contribution in [0.3, 0.4) is 0 Å². The molecule has 6 heteroatoms. The first-order valence-electron chi connectivity index (χ1n) is 7.96. The number of nitrogens with zero attached hydrogens (tertiary/aromatic N) is 1. The van der Waals surface area contributed by atoms with Gasteiger partial charge >= 0.3 is 5.91 Å². The molecule has 1 amide bonds. The van der Waals surface area contributed by atoms with Crippen molar-refractivity contribution in [3.63, 3.8) is 0 Å². The highest BCUT2D eigenvalue weighted by Crippen LogP contribution is 2.24. The van der Waals surface area contributed by atoms with E-state index in [4.69, 9.17) is 4.42 Å². The number of rotatable bonds is 4. The standard InChI is InChI=1S/C20H14BrN3O2/c21-15-7-5-13(6-8-15)18-9-10-19(26-18)20(25)24-23-12-14-11-22-17-4-2-1-3-16(14)17/h1-12,22H,(H,24,25)/b23-12+. The molecule has 0 bridgehead atoms. The molecule has 2 heterocycles. The van der Waals surface area contributed by atoms with Crippen LogP contribution in [-0.2, 0) is 0 Å². The van der Waals surface area contributed by atoms with Gasteiger partial charge in [-0.2, -0.15) is 5.10 Å². The van der Waals surface area contributed by atoms with Gasteiger partial charge in [0.05, 0.1) is 6.21 Å². The molecule has 0 unspecified atom stereocenters. The molecule has 0 atom stereocenters. The molecular weight excluding hydrogens is 394 g/mol. The van der Waals surface area contributed by atoms with Crippen LogP contribution in [0, 0.1) is 0 Å². The van der Waals surface area contributed by atoms with Gasteiger partial charge in [0.2, 0.25) is 0 Å². The Bertz CT molecular complexity index is 1090. The quantitative estimate of drug-likeness (QED) is 0.370. The third kappa shape index (κ3) is 3.32. The van der Waals surface area contributed by atoms with Crippen LogP contribution in [0.2, 0.25) is 0 Å². The molecule has 4 rings (SSSR count). The molecule has 0 radical (unpaired) electrons. The first kappa shape index (κ1) is 16.4. The Morgan fingerprint density at radius 1 is 1.08 bits per heavy atom. The number of carbonyl (C=O) groups excluding carboxylic acids is 1. The van der Waals surface area contributed by atoms with Crippen molar-refractivity contribution in [1.29, 1.82) is 0 Å². The summed E-state index contributed by atoms with van der Waals surface area (Å²) >= 11 is 3.39. The minimum absolute atomic E-state index is 0.207. The second-order valence-corrected chi connectivity index (χ2v) is 6.58. The number of hydrogen-bond acceptors (Lipinski definition) is 3. The molecule has 2 aromatic heterocycles. The number of nitrogens with one attached hydrogen (secondary N) is 2. The van der Waals surface area contributed by atoms with Crippen molar-refractivity contribution in [3.8, 4) is 11.3 Å². The van der Waals surface area contributed by atoms with Crippen LogP contribution >= 0.6 is 15.9 Å². The number of halogens is 1. The van der Waals surface area contributed by atoms with Gasteiger partial charge in [-0.3, -0.25) is 4.79 Å². The maximum absolute atomic E-state index is 12.2. The van der Waals surface area contributed by atoms with Crippen molar-refractivity contribution in [2.75, 3.05) is 0 Å². The number of aromatic nitrogens is 1. The monoisotopic (exact) mass is 407 g/mol. The van der Waals surface area contributed by atoms with Crippen molar-refractivity contribution in [2.45, 2.75) is 0 Å². The normalized spacial score (nSPS) is 11.3. The highest BCUT2D eigenvalue weighted by molar-refractivity contribution is 9.10. The number of amides is 1. The van der Waals surface area contributed by atoms with E-state index in [1.807, 2.05) is 54.7 Å². The number of carbonyl (C=O) groups is 1. The molecule has 0 aliphatic rings. The molecule has 0 saturated heterocycles. The topological polar surface area (TPSA) is 70.4 Å². The predicted octanol–water partition coefficient (Wildman–Crippen LogP) is 4.95. The smallest absolute Gasteiger partial charge is 0.307 e. The summed E-state index contributed by atoms with van der Waals surface area (Å²) in [7, 11) is 0. The van der Waals surface area contributed by atoms with E-state index in [2.05, 4.69) is 31.4 Å². The van der Waals surface area contributed by atoms with Crippen LogP contribution in [0.4, 0.5) is 0 Å². The fourth-order valence-corrected chi connectivity index (χ4v) is 2.91. The van der Waals surface area contributed by atoms with E-state index < -0.39 is 5.91 Å². The fourth-order valence-electron chi connectivity index (χ4n) is 2.65. The summed E-state index contributed by atoms with van der Waals surface area (Å²) in [6.07, 6.45) is 3.45. The molecule has 0 aliphatic heterocycles. The minimum atomic E-state index is -0.399. The Morgan fingerprint density at radius 2 is 1.88 bits per heavy atom. The molecule has 5 nitrogen and oxygen atoms in total. The number of para-hydroxylation sites is 1. The van der Waals surface area contributed by atoms with Crippen LogP contribution in [-0.4, -0.2) is 17.1 Å². The van der Waals surface area contributed by atoms with Crippen LogP contribution in [0.1, 0.15) is 16.1 Å². The van der Waals surface area contributed by atoms with Crippen molar-refractivity contribution in [3.05, 3.63) is 82.7 Å². The lowest BCUT2D eigenvalue weighted by molar-refractivity contribution is 0.0928. The Labute approximate surface area is 157 Å². The summed E-state index contributed by atoms with van der Waals surface area (Å²) < 4.78 is 6.61. The largest absolute Gasteiger partial charge is 0.451 e. The van der Waals surface area contributed by atoms with Crippen molar-refractivity contribution < 1.29 is 9.21 Å². The first-order chi connectivity index (χ1) is 12.7.